The minimum atomic E-state index is -0.639. The molecule has 6 N–H and O–H groups in total. The molecule has 0 unspecified atom stereocenters. The number of aryl methyl sites for hydroxylation is 2. The van der Waals surface area contributed by atoms with Crippen LogP contribution in [0.15, 0.2) is 72.9 Å². The van der Waals surface area contributed by atoms with Gasteiger partial charge in [-0.15, -0.1) is 0 Å². The first-order chi connectivity index (χ1) is 23.7. The maximum Gasteiger partial charge on any atom is 0.276 e. The van der Waals surface area contributed by atoms with Crippen LogP contribution >= 0.6 is 0 Å². The first-order valence-corrected chi connectivity index (χ1v) is 15.5. The molecule has 0 aliphatic rings. The predicted molar refractivity (Wildman–Crippen MR) is 184 cm³/mol. The number of pyridine rings is 1. The molecule has 6 rings (SSSR count). The predicted octanol–water partition coefficient (Wildman–Crippen LogP) is 3.63. The van der Waals surface area contributed by atoms with E-state index in [9.17, 15) is 14.4 Å². The monoisotopic (exact) mass is 661 g/mol. The average molecular weight is 662 g/mol. The largest absolute Gasteiger partial charge is 0.487 e. The summed E-state index contributed by atoms with van der Waals surface area (Å²) in [6, 6.07) is 16.2. The van der Waals surface area contributed by atoms with Crippen LogP contribution in [-0.4, -0.2) is 58.6 Å². The van der Waals surface area contributed by atoms with Crippen molar-refractivity contribution in [3.63, 3.8) is 0 Å². The standard InChI is InChI=1S/C34H35N11O4/c1-4-45-26(14-20(2)42-45)32(48)41-34-40-25-16-23(30(36)47)18-38-31(25)44(34)13-9-8-12-43-28-24(39-33(43)37-3)15-22(29(35)46)17-27(28)49-19-21-10-6-5-7-11-21/h5-11,14-18H,4,12-13,19H2,1-3H3,(H2,35,46)(H2,36,47)(H,37,39)(H,40,41,48)/b9-8+. The number of anilines is 2. The van der Waals surface area contributed by atoms with Crippen LogP contribution in [0, 0.1) is 6.92 Å². The summed E-state index contributed by atoms with van der Waals surface area (Å²) < 4.78 is 11.5. The van der Waals surface area contributed by atoms with Gasteiger partial charge in [-0.2, -0.15) is 5.10 Å². The van der Waals surface area contributed by atoms with Crippen molar-refractivity contribution < 1.29 is 19.1 Å². The lowest BCUT2D eigenvalue weighted by Crippen LogP contribution is -2.20. The third-order valence-electron chi connectivity index (χ3n) is 7.82. The average Bonchev–Trinajstić information content (AvgIpc) is 3.77. The molecule has 4 aromatic heterocycles. The van der Waals surface area contributed by atoms with E-state index >= 15 is 0 Å². The van der Waals surface area contributed by atoms with Crippen LogP contribution in [0.25, 0.3) is 22.2 Å². The van der Waals surface area contributed by atoms with Crippen molar-refractivity contribution in [3.8, 4) is 5.75 Å². The van der Waals surface area contributed by atoms with Crippen LogP contribution in [0.1, 0.15) is 49.4 Å². The number of benzene rings is 2. The van der Waals surface area contributed by atoms with Crippen molar-refractivity contribution in [2.24, 2.45) is 11.5 Å². The van der Waals surface area contributed by atoms with Crippen LogP contribution in [0.3, 0.4) is 0 Å². The molecule has 0 radical (unpaired) electrons. The van der Waals surface area contributed by atoms with E-state index in [1.54, 1.807) is 34.5 Å². The number of allylic oxidation sites excluding steroid dienone is 2. The number of fused-ring (bicyclic) bond motifs is 2. The van der Waals surface area contributed by atoms with Gasteiger partial charge < -0.3 is 26.1 Å². The molecular weight excluding hydrogens is 626 g/mol. The fourth-order valence-electron chi connectivity index (χ4n) is 5.50. The van der Waals surface area contributed by atoms with Crippen LogP contribution in [0.2, 0.25) is 0 Å². The van der Waals surface area contributed by atoms with Crippen molar-refractivity contribution >= 4 is 51.8 Å². The fraction of sp³-hybridized carbons (Fsp3) is 0.206. The van der Waals surface area contributed by atoms with Crippen molar-refractivity contribution in [1.82, 2.24) is 33.9 Å². The SMILES string of the molecule is CCn1nc(C)cc1C(=O)Nc1nc2cc(C(N)=O)cnc2n1C/C=C/Cn1c(NC)nc2cc(C(N)=O)cc(OCc3ccccc3)c21. The summed E-state index contributed by atoms with van der Waals surface area (Å²) in [6.45, 7) is 5.14. The Hall–Kier alpha value is -6.51. The molecule has 0 atom stereocenters. The van der Waals surface area contributed by atoms with Gasteiger partial charge >= 0.3 is 0 Å². The molecule has 0 saturated heterocycles. The van der Waals surface area contributed by atoms with Crippen LogP contribution in [0.4, 0.5) is 11.9 Å². The Kier molecular flexibility index (Phi) is 9.06. The number of imidazole rings is 2. The number of carbonyl (C=O) groups excluding carboxylic acids is 3. The number of aromatic nitrogens is 7. The lowest BCUT2D eigenvalue weighted by molar-refractivity contribution is 0.0991. The van der Waals surface area contributed by atoms with Gasteiger partial charge in [0, 0.05) is 38.4 Å². The van der Waals surface area contributed by atoms with E-state index in [4.69, 9.17) is 16.2 Å². The van der Waals surface area contributed by atoms with Gasteiger partial charge in [0.1, 0.15) is 29.1 Å². The summed E-state index contributed by atoms with van der Waals surface area (Å²) in [5.41, 5.74) is 15.7. The molecule has 0 aliphatic carbocycles. The minimum Gasteiger partial charge on any atom is -0.487 e. The molecule has 49 heavy (non-hydrogen) atoms. The highest BCUT2D eigenvalue weighted by molar-refractivity contribution is 6.03. The number of primary amides is 2. The highest BCUT2D eigenvalue weighted by Crippen LogP contribution is 2.31. The second kappa shape index (κ2) is 13.7. The number of hydrogen-bond donors (Lipinski definition) is 4. The Bertz CT molecular complexity index is 2230. The third kappa shape index (κ3) is 6.67. The molecule has 0 bridgehead atoms. The van der Waals surface area contributed by atoms with Gasteiger partial charge in [0.25, 0.3) is 5.91 Å². The molecule has 15 heteroatoms. The summed E-state index contributed by atoms with van der Waals surface area (Å²) in [7, 11) is 1.76. The van der Waals surface area contributed by atoms with Crippen molar-refractivity contribution in [3.05, 3.63) is 101 Å². The number of amides is 3. The Balaban J connectivity index is 1.32. The summed E-state index contributed by atoms with van der Waals surface area (Å²) in [4.78, 5) is 51.0. The van der Waals surface area contributed by atoms with E-state index in [1.165, 1.54) is 12.3 Å². The summed E-state index contributed by atoms with van der Waals surface area (Å²) in [6.07, 6.45) is 5.20. The Morgan fingerprint density at radius 1 is 0.898 bits per heavy atom. The van der Waals surface area contributed by atoms with Crippen molar-refractivity contribution in [2.45, 2.75) is 40.1 Å². The lowest BCUT2D eigenvalue weighted by Gasteiger charge is -2.12. The fourth-order valence-corrected chi connectivity index (χ4v) is 5.50. The van der Waals surface area contributed by atoms with Gasteiger partial charge in [-0.3, -0.25) is 28.9 Å². The number of nitrogens with two attached hydrogens (primary N) is 2. The van der Waals surface area contributed by atoms with Gasteiger partial charge in [0.05, 0.1) is 16.8 Å². The molecule has 2 aromatic carbocycles. The summed E-state index contributed by atoms with van der Waals surface area (Å²) >= 11 is 0. The first kappa shape index (κ1) is 32.4. The topological polar surface area (TPSA) is 203 Å². The zero-order chi connectivity index (χ0) is 34.7. The molecule has 6 aromatic rings. The van der Waals surface area contributed by atoms with Gasteiger partial charge in [-0.05, 0) is 43.7 Å². The van der Waals surface area contributed by atoms with Gasteiger partial charge in [0.15, 0.2) is 5.65 Å². The minimum absolute atomic E-state index is 0.196. The maximum absolute atomic E-state index is 13.3. The highest BCUT2D eigenvalue weighted by atomic mass is 16.5. The molecule has 4 heterocycles. The zero-order valence-electron chi connectivity index (χ0n) is 27.2. The van der Waals surface area contributed by atoms with Crippen LogP contribution in [-0.2, 0) is 26.2 Å². The molecule has 250 valence electrons. The van der Waals surface area contributed by atoms with Gasteiger partial charge in [-0.25, -0.2) is 15.0 Å². The molecule has 0 aliphatic heterocycles. The molecule has 0 fully saturated rings. The summed E-state index contributed by atoms with van der Waals surface area (Å²) in [5.74, 6) is -0.373. The third-order valence-corrected chi connectivity index (χ3v) is 7.82. The molecular formula is C34H35N11O4. The van der Waals surface area contributed by atoms with Crippen LogP contribution in [0.5, 0.6) is 5.75 Å². The number of hydrogen-bond acceptors (Lipinski definition) is 9. The first-order valence-electron chi connectivity index (χ1n) is 15.5. The summed E-state index contributed by atoms with van der Waals surface area (Å²) in [5, 5.41) is 10.4. The van der Waals surface area contributed by atoms with Crippen molar-refractivity contribution in [2.75, 3.05) is 17.7 Å². The van der Waals surface area contributed by atoms with E-state index in [1.807, 2.05) is 60.9 Å². The second-order valence-corrected chi connectivity index (χ2v) is 11.2. The van der Waals surface area contributed by atoms with E-state index in [-0.39, 0.29) is 36.1 Å². The van der Waals surface area contributed by atoms with E-state index in [0.29, 0.717) is 58.4 Å². The maximum atomic E-state index is 13.3. The van der Waals surface area contributed by atoms with Gasteiger partial charge in [0.2, 0.25) is 23.7 Å². The molecule has 15 nitrogen and oxygen atoms in total. The van der Waals surface area contributed by atoms with E-state index in [0.717, 1.165) is 5.56 Å². The quantitative estimate of drug-likeness (QED) is 0.133. The van der Waals surface area contributed by atoms with Crippen LogP contribution < -0.4 is 26.8 Å². The molecule has 3 amide bonds. The normalized spacial score (nSPS) is 11.4. The lowest BCUT2D eigenvalue weighted by atomic mass is 10.1. The van der Waals surface area contributed by atoms with E-state index < -0.39 is 11.8 Å². The number of nitrogens with one attached hydrogen (secondary N) is 2. The second-order valence-electron chi connectivity index (χ2n) is 11.2. The van der Waals surface area contributed by atoms with Gasteiger partial charge in [-0.1, -0.05) is 42.5 Å². The Morgan fingerprint density at radius 3 is 2.29 bits per heavy atom. The number of nitrogens with zero attached hydrogens (tertiary/aromatic N) is 7. The highest BCUT2D eigenvalue weighted by Gasteiger charge is 2.20. The smallest absolute Gasteiger partial charge is 0.276 e. The van der Waals surface area contributed by atoms with Crippen molar-refractivity contribution in [1.29, 1.82) is 0 Å². The Labute approximate surface area is 280 Å². The molecule has 0 saturated carbocycles. The number of ether oxygens (including phenoxy) is 1. The number of rotatable bonds is 13. The Morgan fingerprint density at radius 2 is 1.59 bits per heavy atom. The molecule has 0 spiro atoms. The zero-order valence-corrected chi connectivity index (χ0v) is 27.2. The number of carbonyl (C=O) groups is 3. The van der Waals surface area contributed by atoms with E-state index in [2.05, 4.69) is 30.7 Å².